The maximum absolute atomic E-state index is 2.73. The van der Waals surface area contributed by atoms with Crippen LogP contribution in [0.1, 0.15) is 219 Å². The second-order valence-electron chi connectivity index (χ2n) is 16.7. The fraction of sp³-hybridized carbons (Fsp3) is 0.909. The molecule has 4 rings (SSSR count). The topological polar surface area (TPSA) is 0 Å². The average Bonchev–Trinajstić information content (AvgIpc) is 3.72. The first-order valence-corrected chi connectivity index (χ1v) is 21.1. The van der Waals surface area contributed by atoms with Crippen LogP contribution < -0.4 is 0 Å². The predicted molar refractivity (Wildman–Crippen MR) is 196 cm³/mol. The standard InChI is InChI=1S/C44H78/c1-3-5-7-8-9-10-11-12-13-14-15-16-17-26-44(43-31-29-42(30-32-43)41-24-18-19-25-41)36-38(21-6-4-2)34-40-28-27-39(35-40)33-37-22-20-23-37/h24,29,37-40,43-44H,3-23,25-28,30-36H2,1-2H3. The van der Waals surface area contributed by atoms with Crippen LogP contribution >= 0.6 is 0 Å². The van der Waals surface area contributed by atoms with Crippen LogP contribution in [0.2, 0.25) is 0 Å². The summed E-state index contributed by atoms with van der Waals surface area (Å²) < 4.78 is 0. The Hall–Kier alpha value is -0.520. The van der Waals surface area contributed by atoms with Crippen LogP contribution in [0.25, 0.3) is 0 Å². The zero-order chi connectivity index (χ0) is 30.7. The molecule has 2 saturated carbocycles. The fourth-order valence-electron chi connectivity index (χ4n) is 10.0. The Morgan fingerprint density at radius 2 is 1.25 bits per heavy atom. The second-order valence-corrected chi connectivity index (χ2v) is 16.7. The van der Waals surface area contributed by atoms with Crippen LogP contribution in [-0.4, -0.2) is 0 Å². The molecule has 0 spiro atoms. The van der Waals surface area contributed by atoms with E-state index in [0.29, 0.717) is 0 Å². The molecule has 0 aromatic rings. The lowest BCUT2D eigenvalue weighted by Crippen LogP contribution is -2.22. The van der Waals surface area contributed by atoms with Crippen molar-refractivity contribution >= 4 is 0 Å². The van der Waals surface area contributed by atoms with Gasteiger partial charge in [-0.25, -0.2) is 0 Å². The first-order chi connectivity index (χ1) is 21.7. The molecule has 0 aromatic heterocycles. The van der Waals surface area contributed by atoms with Gasteiger partial charge in [-0.15, -0.1) is 0 Å². The van der Waals surface area contributed by atoms with E-state index in [0.717, 1.165) is 35.5 Å². The SMILES string of the molecule is CCCCCCCCCCCCCCCC(CC(CCCC)CC1CCC(CC2CCC2)C1)C1CC=C(C2=CCCC2)CC1. The third kappa shape index (κ3) is 13.7. The minimum Gasteiger partial charge on any atom is -0.0810 e. The normalized spacial score (nSPS) is 25.5. The summed E-state index contributed by atoms with van der Waals surface area (Å²) in [6.07, 6.45) is 52.9. The van der Waals surface area contributed by atoms with E-state index in [9.17, 15) is 0 Å². The molecule has 0 nitrogen and oxygen atoms in total. The van der Waals surface area contributed by atoms with Crippen LogP contribution in [0.15, 0.2) is 23.3 Å². The van der Waals surface area contributed by atoms with E-state index in [-0.39, 0.29) is 0 Å². The van der Waals surface area contributed by atoms with Crippen molar-refractivity contribution in [2.75, 3.05) is 0 Å². The molecule has 0 saturated heterocycles. The molecule has 0 N–H and O–H groups in total. The third-order valence-corrected chi connectivity index (χ3v) is 13.1. The van der Waals surface area contributed by atoms with Crippen molar-refractivity contribution in [3.05, 3.63) is 23.3 Å². The zero-order valence-electron chi connectivity index (χ0n) is 30.2. The largest absolute Gasteiger partial charge is 0.0810 e. The highest BCUT2D eigenvalue weighted by Gasteiger charge is 2.32. The molecular weight excluding hydrogens is 528 g/mol. The number of hydrogen-bond donors (Lipinski definition) is 0. The Balaban J connectivity index is 1.21. The fourth-order valence-corrected chi connectivity index (χ4v) is 10.0. The van der Waals surface area contributed by atoms with Gasteiger partial charge in [0, 0.05) is 0 Å². The van der Waals surface area contributed by atoms with Crippen molar-refractivity contribution in [2.45, 2.75) is 219 Å². The van der Waals surface area contributed by atoms with Crippen molar-refractivity contribution in [1.29, 1.82) is 0 Å². The summed E-state index contributed by atoms with van der Waals surface area (Å²) >= 11 is 0. The minimum absolute atomic E-state index is 0.970. The van der Waals surface area contributed by atoms with Crippen molar-refractivity contribution < 1.29 is 0 Å². The van der Waals surface area contributed by atoms with Gasteiger partial charge < -0.3 is 0 Å². The minimum atomic E-state index is 0.970. The van der Waals surface area contributed by atoms with E-state index in [2.05, 4.69) is 26.0 Å². The zero-order valence-corrected chi connectivity index (χ0v) is 30.2. The first kappa shape index (κ1) is 36.3. The lowest BCUT2D eigenvalue weighted by molar-refractivity contribution is 0.199. The Morgan fingerprint density at radius 3 is 1.84 bits per heavy atom. The summed E-state index contributed by atoms with van der Waals surface area (Å²) in [7, 11) is 0. The van der Waals surface area contributed by atoms with Gasteiger partial charge in [-0.3, -0.25) is 0 Å². The Morgan fingerprint density at radius 1 is 0.591 bits per heavy atom. The third-order valence-electron chi connectivity index (χ3n) is 13.1. The van der Waals surface area contributed by atoms with E-state index >= 15 is 0 Å². The smallest absolute Gasteiger partial charge is 0.0276 e. The Labute approximate surface area is 277 Å². The predicted octanol–water partition coefficient (Wildman–Crippen LogP) is 15.1. The number of allylic oxidation sites excluding steroid dienone is 4. The molecule has 5 atom stereocenters. The first-order valence-electron chi connectivity index (χ1n) is 21.1. The summed E-state index contributed by atoms with van der Waals surface area (Å²) in [4.78, 5) is 0. The van der Waals surface area contributed by atoms with Crippen LogP contribution in [0.3, 0.4) is 0 Å². The highest BCUT2D eigenvalue weighted by atomic mass is 14.4. The van der Waals surface area contributed by atoms with Gasteiger partial charge in [0.25, 0.3) is 0 Å². The van der Waals surface area contributed by atoms with Gasteiger partial charge in [0.1, 0.15) is 0 Å². The number of rotatable bonds is 25. The lowest BCUT2D eigenvalue weighted by atomic mass is 9.72. The number of unbranched alkanes of at least 4 members (excludes halogenated alkanes) is 13. The maximum atomic E-state index is 2.73. The summed E-state index contributed by atoms with van der Waals surface area (Å²) in [5.74, 6) is 6.24. The quantitative estimate of drug-likeness (QED) is 0.0907. The average molecular weight is 607 g/mol. The van der Waals surface area contributed by atoms with Gasteiger partial charge in [0.05, 0.1) is 0 Å². The van der Waals surface area contributed by atoms with Gasteiger partial charge >= 0.3 is 0 Å². The molecule has 2 fully saturated rings. The monoisotopic (exact) mass is 607 g/mol. The van der Waals surface area contributed by atoms with Gasteiger partial charge in [-0.05, 0) is 111 Å². The summed E-state index contributed by atoms with van der Waals surface area (Å²) in [6.45, 7) is 4.75. The molecule has 0 heterocycles. The van der Waals surface area contributed by atoms with Gasteiger partial charge in [-0.1, -0.05) is 167 Å². The lowest BCUT2D eigenvalue weighted by Gasteiger charge is -2.34. The van der Waals surface area contributed by atoms with E-state index < -0.39 is 0 Å². The van der Waals surface area contributed by atoms with Crippen LogP contribution in [0.4, 0.5) is 0 Å². The summed E-state index contributed by atoms with van der Waals surface area (Å²) in [6, 6.07) is 0. The van der Waals surface area contributed by atoms with Crippen molar-refractivity contribution in [2.24, 2.45) is 35.5 Å². The van der Waals surface area contributed by atoms with E-state index in [1.165, 1.54) is 154 Å². The molecule has 0 heteroatoms. The maximum Gasteiger partial charge on any atom is -0.0276 e. The molecule has 0 aromatic carbocycles. The molecule has 44 heavy (non-hydrogen) atoms. The Kier molecular flexibility index (Phi) is 18.3. The highest BCUT2D eigenvalue weighted by molar-refractivity contribution is 5.34. The summed E-state index contributed by atoms with van der Waals surface area (Å²) in [5, 5.41) is 0. The molecule has 254 valence electrons. The van der Waals surface area contributed by atoms with Gasteiger partial charge in [0.15, 0.2) is 0 Å². The van der Waals surface area contributed by atoms with Crippen molar-refractivity contribution in [3.63, 3.8) is 0 Å². The second kappa shape index (κ2) is 22.1. The van der Waals surface area contributed by atoms with E-state index in [4.69, 9.17) is 0 Å². The highest BCUT2D eigenvalue weighted by Crippen LogP contribution is 2.45. The van der Waals surface area contributed by atoms with Gasteiger partial charge in [-0.2, -0.15) is 0 Å². The van der Waals surface area contributed by atoms with Gasteiger partial charge in [0.2, 0.25) is 0 Å². The molecule has 0 radical (unpaired) electrons. The molecule has 0 bridgehead atoms. The summed E-state index contributed by atoms with van der Waals surface area (Å²) in [5.41, 5.74) is 3.49. The van der Waals surface area contributed by atoms with Crippen LogP contribution in [0, 0.1) is 35.5 Å². The Bertz CT molecular complexity index is 782. The molecular formula is C44H78. The number of hydrogen-bond acceptors (Lipinski definition) is 0. The van der Waals surface area contributed by atoms with Crippen molar-refractivity contribution in [3.8, 4) is 0 Å². The van der Waals surface area contributed by atoms with E-state index in [1.807, 2.05) is 0 Å². The molecule has 4 aliphatic carbocycles. The van der Waals surface area contributed by atoms with Crippen LogP contribution in [-0.2, 0) is 0 Å². The molecule has 0 amide bonds. The molecule has 4 aliphatic rings. The van der Waals surface area contributed by atoms with Crippen molar-refractivity contribution in [1.82, 2.24) is 0 Å². The molecule has 0 aliphatic heterocycles. The van der Waals surface area contributed by atoms with E-state index in [1.54, 1.807) is 62.5 Å². The van der Waals surface area contributed by atoms with Crippen LogP contribution in [0.5, 0.6) is 0 Å². The molecule has 5 unspecified atom stereocenters.